The summed E-state index contributed by atoms with van der Waals surface area (Å²) < 4.78 is 10.1. The second kappa shape index (κ2) is 5.94. The highest BCUT2D eigenvalue weighted by molar-refractivity contribution is 7.99. The van der Waals surface area contributed by atoms with E-state index >= 15 is 0 Å². The Morgan fingerprint density at radius 3 is 2.59 bits per heavy atom. The maximum atomic E-state index is 5.57. The van der Waals surface area contributed by atoms with Gasteiger partial charge in [-0.3, -0.25) is 0 Å². The van der Waals surface area contributed by atoms with Crippen LogP contribution in [0.3, 0.4) is 0 Å². The summed E-state index contributed by atoms with van der Waals surface area (Å²) in [6.07, 6.45) is 8.34. The van der Waals surface area contributed by atoms with Gasteiger partial charge in [-0.15, -0.1) is 0 Å². The number of hydrogen-bond donors (Lipinski definition) is 0. The van der Waals surface area contributed by atoms with Crippen LogP contribution in [0.5, 0.6) is 0 Å². The average molecular weight is 336 g/mol. The van der Waals surface area contributed by atoms with Gasteiger partial charge in [0.2, 0.25) is 0 Å². The molecule has 7 heteroatoms. The minimum absolute atomic E-state index is 0.718. The lowest BCUT2D eigenvalue weighted by atomic mass is 10.0. The first-order valence-electron chi connectivity index (χ1n) is 7.66. The molecule has 2 unspecified atom stereocenters. The highest BCUT2D eigenvalue weighted by Gasteiger charge is 2.42. The van der Waals surface area contributed by atoms with E-state index in [4.69, 9.17) is 4.42 Å². The van der Waals surface area contributed by atoms with Gasteiger partial charge in [-0.2, -0.15) is 0 Å². The van der Waals surface area contributed by atoms with Crippen molar-refractivity contribution in [1.29, 1.82) is 0 Å². The topological polar surface area (TPSA) is 47.1 Å². The zero-order valence-corrected chi connectivity index (χ0v) is 14.4. The molecule has 4 rings (SSSR count). The minimum atomic E-state index is 0.718. The SMILES string of the molecule is Cc1ncc(SN2CC3CC(Sc4nccn4C)C[C@H]3C2)o1. The molecule has 22 heavy (non-hydrogen) atoms. The number of hydrogen-bond acceptors (Lipinski definition) is 6. The molecule has 1 saturated heterocycles. The Morgan fingerprint density at radius 1 is 1.23 bits per heavy atom. The number of oxazole rings is 1. The summed E-state index contributed by atoms with van der Waals surface area (Å²) >= 11 is 3.67. The van der Waals surface area contributed by atoms with Gasteiger partial charge in [-0.25, -0.2) is 14.3 Å². The maximum Gasteiger partial charge on any atom is 0.195 e. The maximum absolute atomic E-state index is 5.57. The molecule has 0 N–H and O–H groups in total. The molecule has 0 amide bonds. The molecule has 1 aliphatic carbocycles. The Kier molecular flexibility index (Phi) is 3.96. The molecule has 2 aliphatic rings. The molecule has 0 bridgehead atoms. The molecule has 1 aliphatic heterocycles. The smallest absolute Gasteiger partial charge is 0.195 e. The van der Waals surface area contributed by atoms with Crippen LogP contribution in [0.15, 0.2) is 33.3 Å². The number of aryl methyl sites for hydroxylation is 2. The molecule has 2 fully saturated rings. The molecular weight excluding hydrogens is 316 g/mol. The van der Waals surface area contributed by atoms with E-state index in [1.165, 1.54) is 12.8 Å². The third-order valence-electron chi connectivity index (χ3n) is 4.54. The predicted molar refractivity (Wildman–Crippen MR) is 87.7 cm³/mol. The van der Waals surface area contributed by atoms with Crippen LogP contribution in [-0.2, 0) is 7.05 Å². The summed E-state index contributed by atoms with van der Waals surface area (Å²) in [6, 6.07) is 0. The van der Waals surface area contributed by atoms with E-state index in [2.05, 4.69) is 25.9 Å². The van der Waals surface area contributed by atoms with Crippen LogP contribution < -0.4 is 0 Å². The number of imidazole rings is 1. The summed E-state index contributed by atoms with van der Waals surface area (Å²) in [4.78, 5) is 8.60. The van der Waals surface area contributed by atoms with Gasteiger partial charge in [0.25, 0.3) is 0 Å². The van der Waals surface area contributed by atoms with Crippen LogP contribution in [-0.4, -0.2) is 37.2 Å². The van der Waals surface area contributed by atoms with E-state index in [0.717, 1.165) is 46.3 Å². The standard InChI is InChI=1S/C15H20N4OS2/c1-10-17-7-14(20-10)22-19-8-11-5-13(6-12(11)9-19)21-15-16-3-4-18(15)2/h3-4,7,11-13H,5-6,8-9H2,1-2H3/t11-,12?,13?/m0/s1. The second-order valence-corrected chi connectivity index (χ2v) is 8.56. The number of rotatable bonds is 4. The van der Waals surface area contributed by atoms with Crippen molar-refractivity contribution in [3.8, 4) is 0 Å². The number of aromatic nitrogens is 3. The summed E-state index contributed by atoms with van der Waals surface area (Å²) in [5.74, 6) is 2.37. The van der Waals surface area contributed by atoms with Gasteiger partial charge in [0.1, 0.15) is 0 Å². The van der Waals surface area contributed by atoms with Crippen molar-refractivity contribution in [3.05, 3.63) is 24.5 Å². The molecule has 0 spiro atoms. The average Bonchev–Trinajstić information content (AvgIpc) is 3.19. The quantitative estimate of drug-likeness (QED) is 0.799. The van der Waals surface area contributed by atoms with Crippen molar-refractivity contribution in [1.82, 2.24) is 18.8 Å². The number of thioether (sulfide) groups is 1. The van der Waals surface area contributed by atoms with Crippen LogP contribution in [0, 0.1) is 18.8 Å². The first kappa shape index (κ1) is 14.7. The van der Waals surface area contributed by atoms with E-state index in [1.54, 1.807) is 11.9 Å². The number of nitrogens with zero attached hydrogens (tertiary/aromatic N) is 4. The molecule has 0 radical (unpaired) electrons. The van der Waals surface area contributed by atoms with Crippen molar-refractivity contribution < 1.29 is 4.42 Å². The highest BCUT2D eigenvalue weighted by Crippen LogP contribution is 2.46. The predicted octanol–water partition coefficient (Wildman–Crippen LogP) is 3.23. The fraction of sp³-hybridized carbons (Fsp3) is 0.600. The summed E-state index contributed by atoms with van der Waals surface area (Å²) in [6.45, 7) is 4.21. The fourth-order valence-electron chi connectivity index (χ4n) is 3.50. The monoisotopic (exact) mass is 336 g/mol. The van der Waals surface area contributed by atoms with Crippen LogP contribution in [0.4, 0.5) is 0 Å². The van der Waals surface area contributed by atoms with Gasteiger partial charge in [0.15, 0.2) is 16.1 Å². The van der Waals surface area contributed by atoms with E-state index < -0.39 is 0 Å². The molecule has 3 atom stereocenters. The first-order valence-corrected chi connectivity index (χ1v) is 9.32. The van der Waals surface area contributed by atoms with Crippen LogP contribution in [0.1, 0.15) is 18.7 Å². The lowest BCUT2D eigenvalue weighted by Crippen LogP contribution is -2.15. The highest BCUT2D eigenvalue weighted by atomic mass is 32.2. The molecule has 1 saturated carbocycles. The van der Waals surface area contributed by atoms with Crippen molar-refractivity contribution in [2.45, 2.75) is 35.3 Å². The molecule has 0 aromatic carbocycles. The molecule has 118 valence electrons. The van der Waals surface area contributed by atoms with Crippen LogP contribution in [0.2, 0.25) is 0 Å². The lowest BCUT2D eigenvalue weighted by Gasteiger charge is -2.16. The first-order chi connectivity index (χ1) is 10.7. The molecule has 3 heterocycles. The van der Waals surface area contributed by atoms with Crippen molar-refractivity contribution in [2.75, 3.05) is 13.1 Å². The third kappa shape index (κ3) is 2.94. The van der Waals surface area contributed by atoms with Gasteiger partial charge in [-0.05, 0) is 36.6 Å². The zero-order valence-electron chi connectivity index (χ0n) is 12.8. The summed E-state index contributed by atoms with van der Waals surface area (Å²) in [7, 11) is 2.07. The second-order valence-electron chi connectivity index (χ2n) is 6.19. The molecule has 2 aromatic rings. The molecule has 2 aromatic heterocycles. The van der Waals surface area contributed by atoms with E-state index in [0.29, 0.717) is 0 Å². The van der Waals surface area contributed by atoms with E-state index in [-0.39, 0.29) is 0 Å². The van der Waals surface area contributed by atoms with Gasteiger partial charge in [-0.1, -0.05) is 11.8 Å². The Balaban J connectivity index is 1.31. The summed E-state index contributed by atoms with van der Waals surface area (Å²) in [5, 5.41) is 2.78. The van der Waals surface area contributed by atoms with Crippen LogP contribution in [0.25, 0.3) is 0 Å². The molecular formula is C15H20N4OS2. The van der Waals surface area contributed by atoms with Crippen molar-refractivity contribution in [3.63, 3.8) is 0 Å². The third-order valence-corrected chi connectivity index (χ3v) is 6.79. The Bertz CT molecular complexity index is 642. The van der Waals surface area contributed by atoms with Gasteiger partial charge in [0.05, 0.1) is 6.20 Å². The largest absolute Gasteiger partial charge is 0.433 e. The normalized spacial score (nSPS) is 28.4. The Hall–Kier alpha value is -0.920. The van der Waals surface area contributed by atoms with Gasteiger partial charge in [0, 0.05) is 44.7 Å². The lowest BCUT2D eigenvalue weighted by molar-refractivity contribution is 0.429. The Labute approximate surface area is 139 Å². The Morgan fingerprint density at radius 2 is 2.00 bits per heavy atom. The number of fused-ring (bicyclic) bond motifs is 1. The summed E-state index contributed by atoms with van der Waals surface area (Å²) in [5.41, 5.74) is 0. The minimum Gasteiger partial charge on any atom is -0.433 e. The van der Waals surface area contributed by atoms with E-state index in [9.17, 15) is 0 Å². The zero-order chi connectivity index (χ0) is 15.1. The van der Waals surface area contributed by atoms with Crippen molar-refractivity contribution >= 4 is 23.7 Å². The van der Waals surface area contributed by atoms with Crippen molar-refractivity contribution in [2.24, 2.45) is 18.9 Å². The van der Waals surface area contributed by atoms with Gasteiger partial charge < -0.3 is 8.98 Å². The molecule has 5 nitrogen and oxygen atoms in total. The fourth-order valence-corrected chi connectivity index (χ4v) is 5.88. The van der Waals surface area contributed by atoms with Gasteiger partial charge >= 0.3 is 0 Å². The van der Waals surface area contributed by atoms with Crippen LogP contribution >= 0.6 is 23.7 Å². The van der Waals surface area contributed by atoms with E-state index in [1.807, 2.05) is 37.3 Å².